The third-order valence-corrected chi connectivity index (χ3v) is 3.71. The fourth-order valence-corrected chi connectivity index (χ4v) is 2.39. The predicted molar refractivity (Wildman–Crippen MR) is 90.8 cm³/mol. The SMILES string of the molecule is CC(C)[C@H](N)C(=O)NCC(=O)NCc1cc(Cl)cc(Cl)c1OC(F)F. The van der Waals surface area contributed by atoms with Gasteiger partial charge in [0.1, 0.15) is 5.75 Å². The van der Waals surface area contributed by atoms with Crippen LogP contribution in [0.2, 0.25) is 10.0 Å². The number of rotatable bonds is 8. The minimum absolute atomic E-state index is 0.0780. The molecule has 0 saturated carbocycles. The number of hydrogen-bond donors (Lipinski definition) is 3. The van der Waals surface area contributed by atoms with Gasteiger partial charge in [-0.25, -0.2) is 0 Å². The molecule has 0 unspecified atom stereocenters. The molecule has 0 radical (unpaired) electrons. The first-order chi connectivity index (χ1) is 11.6. The summed E-state index contributed by atoms with van der Waals surface area (Å²) in [5.74, 6) is -1.35. The molecule has 10 heteroatoms. The van der Waals surface area contributed by atoms with Gasteiger partial charge in [0.15, 0.2) is 0 Å². The van der Waals surface area contributed by atoms with Crippen molar-refractivity contribution in [3.63, 3.8) is 0 Å². The van der Waals surface area contributed by atoms with E-state index < -0.39 is 24.5 Å². The van der Waals surface area contributed by atoms with E-state index in [2.05, 4.69) is 15.4 Å². The second-order valence-corrected chi connectivity index (χ2v) is 6.36. The summed E-state index contributed by atoms with van der Waals surface area (Å²) in [6, 6.07) is 1.86. The first kappa shape index (κ1) is 21.4. The van der Waals surface area contributed by atoms with Crippen LogP contribution in [0.25, 0.3) is 0 Å². The Bertz CT molecular complexity index is 630. The number of carbonyl (C=O) groups is 2. The van der Waals surface area contributed by atoms with E-state index in [1.807, 2.05) is 0 Å². The molecule has 25 heavy (non-hydrogen) atoms. The van der Waals surface area contributed by atoms with Crippen LogP contribution in [0.15, 0.2) is 12.1 Å². The molecule has 1 rings (SSSR count). The van der Waals surface area contributed by atoms with Crippen LogP contribution in [0.4, 0.5) is 8.78 Å². The van der Waals surface area contributed by atoms with E-state index in [1.165, 1.54) is 12.1 Å². The van der Waals surface area contributed by atoms with Crippen molar-refractivity contribution in [1.29, 1.82) is 0 Å². The zero-order valence-electron chi connectivity index (χ0n) is 13.6. The molecule has 0 heterocycles. The van der Waals surface area contributed by atoms with E-state index in [0.717, 1.165) is 0 Å². The smallest absolute Gasteiger partial charge is 0.387 e. The molecule has 1 aromatic carbocycles. The molecule has 2 amide bonds. The summed E-state index contributed by atoms with van der Waals surface area (Å²) in [5, 5.41) is 4.94. The Labute approximate surface area is 154 Å². The van der Waals surface area contributed by atoms with Gasteiger partial charge in [-0.15, -0.1) is 0 Å². The van der Waals surface area contributed by atoms with Crippen LogP contribution in [0, 0.1) is 5.92 Å². The largest absolute Gasteiger partial charge is 0.433 e. The maximum Gasteiger partial charge on any atom is 0.387 e. The van der Waals surface area contributed by atoms with Crippen LogP contribution >= 0.6 is 23.2 Å². The standard InChI is InChI=1S/C15H19Cl2F2N3O3/c1-7(2)12(20)14(24)22-6-11(23)21-5-8-3-9(16)4-10(17)13(8)25-15(18)19/h3-4,7,12,15H,5-6,20H2,1-2H3,(H,21,23)(H,22,24)/t12-/m0/s1. The Kier molecular flexibility index (Phi) is 8.34. The number of hydrogen-bond acceptors (Lipinski definition) is 4. The van der Waals surface area contributed by atoms with E-state index in [4.69, 9.17) is 28.9 Å². The minimum Gasteiger partial charge on any atom is -0.433 e. The molecular formula is C15H19Cl2F2N3O3. The molecule has 0 saturated heterocycles. The molecule has 4 N–H and O–H groups in total. The third-order valence-electron chi connectivity index (χ3n) is 3.21. The molecule has 0 aliphatic carbocycles. The van der Waals surface area contributed by atoms with Gasteiger partial charge in [0.25, 0.3) is 0 Å². The molecule has 0 aliphatic heterocycles. The second kappa shape index (κ2) is 9.74. The number of carbonyl (C=O) groups excluding carboxylic acids is 2. The van der Waals surface area contributed by atoms with Crippen molar-refractivity contribution in [1.82, 2.24) is 10.6 Å². The second-order valence-electron chi connectivity index (χ2n) is 5.52. The fourth-order valence-electron chi connectivity index (χ4n) is 1.81. The van der Waals surface area contributed by atoms with Gasteiger partial charge in [-0.05, 0) is 18.1 Å². The minimum atomic E-state index is -3.08. The van der Waals surface area contributed by atoms with Gasteiger partial charge in [0.2, 0.25) is 11.8 Å². The summed E-state index contributed by atoms with van der Waals surface area (Å²) in [6.45, 7) is 0.00591. The Morgan fingerprint density at radius 3 is 2.44 bits per heavy atom. The number of nitrogens with one attached hydrogen (secondary N) is 2. The van der Waals surface area contributed by atoms with Gasteiger partial charge in [0.05, 0.1) is 17.6 Å². The lowest BCUT2D eigenvalue weighted by atomic mass is 10.1. The van der Waals surface area contributed by atoms with Gasteiger partial charge >= 0.3 is 6.61 Å². The lowest BCUT2D eigenvalue weighted by Crippen LogP contribution is -2.47. The zero-order valence-corrected chi connectivity index (χ0v) is 15.1. The van der Waals surface area contributed by atoms with Crippen LogP contribution < -0.4 is 21.1 Å². The van der Waals surface area contributed by atoms with E-state index in [9.17, 15) is 18.4 Å². The molecule has 0 aliphatic rings. The van der Waals surface area contributed by atoms with Crippen LogP contribution in [0.3, 0.4) is 0 Å². The summed E-state index contributed by atoms with van der Waals surface area (Å²) >= 11 is 11.7. The van der Waals surface area contributed by atoms with Crippen LogP contribution in [0.1, 0.15) is 19.4 Å². The lowest BCUT2D eigenvalue weighted by molar-refractivity contribution is -0.127. The van der Waals surface area contributed by atoms with Crippen molar-refractivity contribution in [2.75, 3.05) is 6.54 Å². The third kappa shape index (κ3) is 7.01. The zero-order chi connectivity index (χ0) is 19.1. The maximum atomic E-state index is 12.5. The summed E-state index contributed by atoms with van der Waals surface area (Å²) in [5.41, 5.74) is 5.83. The highest BCUT2D eigenvalue weighted by atomic mass is 35.5. The monoisotopic (exact) mass is 397 g/mol. The lowest BCUT2D eigenvalue weighted by Gasteiger charge is -2.16. The molecule has 1 aromatic rings. The number of nitrogens with two attached hydrogens (primary N) is 1. The average Bonchev–Trinajstić information content (AvgIpc) is 2.52. The van der Waals surface area contributed by atoms with Crippen molar-refractivity contribution in [3.8, 4) is 5.75 Å². The summed E-state index contributed by atoms with van der Waals surface area (Å²) in [4.78, 5) is 23.5. The van der Waals surface area contributed by atoms with Gasteiger partial charge in [0, 0.05) is 17.1 Å². The van der Waals surface area contributed by atoms with Crippen molar-refractivity contribution in [3.05, 3.63) is 27.7 Å². The topological polar surface area (TPSA) is 93.5 Å². The van der Waals surface area contributed by atoms with Crippen molar-refractivity contribution >= 4 is 35.0 Å². The van der Waals surface area contributed by atoms with E-state index >= 15 is 0 Å². The highest BCUT2D eigenvalue weighted by Crippen LogP contribution is 2.33. The quantitative estimate of drug-likeness (QED) is 0.627. The van der Waals surface area contributed by atoms with E-state index in [1.54, 1.807) is 13.8 Å². The first-order valence-corrected chi connectivity index (χ1v) is 8.10. The molecule has 0 bridgehead atoms. The van der Waals surface area contributed by atoms with Gasteiger partial charge in [-0.2, -0.15) is 8.78 Å². The Balaban J connectivity index is 2.65. The summed E-state index contributed by atoms with van der Waals surface area (Å²) < 4.78 is 29.3. The Morgan fingerprint density at radius 1 is 1.24 bits per heavy atom. The number of benzene rings is 1. The molecule has 0 aromatic heterocycles. The molecule has 1 atom stereocenters. The van der Waals surface area contributed by atoms with E-state index in [-0.39, 0.29) is 40.4 Å². The maximum absolute atomic E-state index is 12.5. The number of amides is 2. The summed E-state index contributed by atoms with van der Waals surface area (Å²) in [6.07, 6.45) is 0. The molecule has 0 fully saturated rings. The van der Waals surface area contributed by atoms with Crippen molar-refractivity contribution in [2.24, 2.45) is 11.7 Å². The van der Waals surface area contributed by atoms with E-state index in [0.29, 0.717) is 0 Å². The fraction of sp³-hybridized carbons (Fsp3) is 0.467. The van der Waals surface area contributed by atoms with Gasteiger partial charge in [-0.1, -0.05) is 37.0 Å². The predicted octanol–water partition coefficient (Wildman–Crippen LogP) is 2.31. The van der Waals surface area contributed by atoms with Crippen LogP contribution in [0.5, 0.6) is 5.75 Å². The summed E-state index contributed by atoms with van der Waals surface area (Å²) in [7, 11) is 0. The first-order valence-electron chi connectivity index (χ1n) is 7.34. The van der Waals surface area contributed by atoms with Crippen LogP contribution in [-0.2, 0) is 16.1 Å². The number of ether oxygens (including phenoxy) is 1. The Morgan fingerprint density at radius 2 is 1.88 bits per heavy atom. The molecular weight excluding hydrogens is 379 g/mol. The molecule has 0 spiro atoms. The highest BCUT2D eigenvalue weighted by Gasteiger charge is 2.18. The van der Waals surface area contributed by atoms with Crippen molar-refractivity contribution < 1.29 is 23.1 Å². The van der Waals surface area contributed by atoms with Crippen LogP contribution in [-0.4, -0.2) is 31.0 Å². The Hall–Kier alpha value is -1.64. The number of alkyl halides is 2. The molecule has 140 valence electrons. The van der Waals surface area contributed by atoms with Gasteiger partial charge in [-0.3, -0.25) is 9.59 Å². The normalized spacial score (nSPS) is 12.2. The van der Waals surface area contributed by atoms with Gasteiger partial charge < -0.3 is 21.1 Å². The highest BCUT2D eigenvalue weighted by molar-refractivity contribution is 6.35. The number of halogens is 4. The van der Waals surface area contributed by atoms with Crippen molar-refractivity contribution in [2.45, 2.75) is 33.0 Å². The average molecular weight is 398 g/mol. The molecule has 6 nitrogen and oxygen atoms in total.